The maximum atomic E-state index is 12.2. The van der Waals surface area contributed by atoms with Crippen molar-refractivity contribution in [3.8, 4) is 5.75 Å². The van der Waals surface area contributed by atoms with Gasteiger partial charge >= 0.3 is 5.63 Å². The van der Waals surface area contributed by atoms with Gasteiger partial charge in [0.15, 0.2) is 11.4 Å². The number of hydrogen-bond donors (Lipinski definition) is 0. The van der Waals surface area contributed by atoms with E-state index in [0.717, 1.165) is 17.5 Å². The predicted molar refractivity (Wildman–Crippen MR) is 107 cm³/mol. The average molecular weight is 382 g/mol. The molecule has 5 nitrogen and oxygen atoms in total. The number of rotatable bonds is 7. The number of ketones is 1. The van der Waals surface area contributed by atoms with Crippen molar-refractivity contribution in [2.45, 2.75) is 53.6 Å². The first-order valence-corrected chi connectivity index (χ1v) is 8.69. The smallest absolute Gasteiger partial charge is 0.336 e. The van der Waals surface area contributed by atoms with Gasteiger partial charge in [-0.2, -0.15) is 0 Å². The Morgan fingerprint density at radius 3 is 2.35 bits per heavy atom. The van der Waals surface area contributed by atoms with Crippen molar-refractivity contribution < 1.29 is 13.9 Å². The second kappa shape index (κ2) is 9.19. The zero-order chi connectivity index (χ0) is 18.7. The molecule has 0 aliphatic rings. The number of halogens is 1. The van der Waals surface area contributed by atoms with Gasteiger partial charge in [0, 0.05) is 30.1 Å². The fraction of sp³-hybridized carbons (Fsp3) is 0.500. The van der Waals surface area contributed by atoms with E-state index >= 15 is 0 Å². The Balaban J connectivity index is 0.00000338. The second-order valence-corrected chi connectivity index (χ2v) is 6.89. The second-order valence-electron chi connectivity index (χ2n) is 6.89. The molecule has 2 aromatic rings. The Morgan fingerprint density at radius 1 is 1.19 bits per heavy atom. The number of ether oxygens (including phenoxy) is 1. The van der Waals surface area contributed by atoms with Crippen LogP contribution < -0.4 is 10.4 Å². The van der Waals surface area contributed by atoms with Gasteiger partial charge in [0.1, 0.15) is 17.9 Å². The lowest BCUT2D eigenvalue weighted by molar-refractivity contribution is 0.101. The molecule has 0 saturated carbocycles. The van der Waals surface area contributed by atoms with Crippen molar-refractivity contribution in [2.75, 3.05) is 13.2 Å². The zero-order valence-electron chi connectivity index (χ0n) is 16.3. The van der Waals surface area contributed by atoms with Crippen molar-refractivity contribution in [2.24, 2.45) is 0 Å². The number of fused-ring (bicyclic) bond motifs is 1. The van der Waals surface area contributed by atoms with Crippen LogP contribution in [0.2, 0.25) is 0 Å². The van der Waals surface area contributed by atoms with E-state index < -0.39 is 5.63 Å². The molecule has 0 saturated heterocycles. The molecule has 0 fully saturated rings. The SMILES string of the molecule is CC(=O)c1c(OCCN(C(C)C)C(C)C)ccc2c(C)cc(=O)oc12.Cl. The lowest BCUT2D eigenvalue weighted by atomic mass is 10.0. The van der Waals surface area contributed by atoms with Crippen LogP contribution in [0.3, 0.4) is 0 Å². The molecule has 1 aromatic heterocycles. The Bertz CT molecular complexity index is 818. The third-order valence-corrected chi connectivity index (χ3v) is 4.37. The Morgan fingerprint density at radius 2 is 1.81 bits per heavy atom. The van der Waals surface area contributed by atoms with E-state index in [1.165, 1.54) is 13.0 Å². The lowest BCUT2D eigenvalue weighted by Crippen LogP contribution is -2.39. The van der Waals surface area contributed by atoms with E-state index in [2.05, 4.69) is 32.6 Å². The molecular weight excluding hydrogens is 354 g/mol. The van der Waals surface area contributed by atoms with Crippen LogP contribution in [0.5, 0.6) is 5.75 Å². The minimum atomic E-state index is -0.463. The molecule has 1 heterocycles. The summed E-state index contributed by atoms with van der Waals surface area (Å²) in [6.07, 6.45) is 0. The first-order chi connectivity index (χ1) is 11.7. The standard InChI is InChI=1S/C20H27NO4.ClH/c1-12(2)21(13(3)4)9-10-24-17-8-7-16-14(5)11-18(23)25-20(16)19(17)15(6)22;/h7-8,11-13H,9-10H2,1-6H3;1H. The summed E-state index contributed by atoms with van der Waals surface area (Å²) in [4.78, 5) is 26.2. The van der Waals surface area contributed by atoms with Crippen LogP contribution in [-0.2, 0) is 0 Å². The van der Waals surface area contributed by atoms with Gasteiger partial charge in [0.2, 0.25) is 0 Å². The molecule has 0 bridgehead atoms. The molecule has 0 radical (unpaired) electrons. The maximum absolute atomic E-state index is 12.2. The maximum Gasteiger partial charge on any atom is 0.336 e. The van der Waals surface area contributed by atoms with E-state index in [4.69, 9.17) is 9.15 Å². The largest absolute Gasteiger partial charge is 0.491 e. The number of Topliss-reactive ketones (excluding diaryl/α,β-unsaturated/α-hetero) is 1. The van der Waals surface area contributed by atoms with Crippen LogP contribution in [0.25, 0.3) is 11.0 Å². The van der Waals surface area contributed by atoms with Crippen molar-refractivity contribution in [1.29, 1.82) is 0 Å². The van der Waals surface area contributed by atoms with Gasteiger partial charge in [-0.1, -0.05) is 0 Å². The number of nitrogens with zero attached hydrogens (tertiary/aromatic N) is 1. The summed E-state index contributed by atoms with van der Waals surface area (Å²) in [5.74, 6) is 0.278. The molecule has 2 rings (SSSR count). The summed E-state index contributed by atoms with van der Waals surface area (Å²) in [5.41, 5.74) is 0.958. The molecule has 1 aromatic carbocycles. The summed E-state index contributed by atoms with van der Waals surface area (Å²) in [6.45, 7) is 13.1. The lowest BCUT2D eigenvalue weighted by Gasteiger charge is -2.30. The Hall–Kier alpha value is -1.85. The van der Waals surface area contributed by atoms with Crippen LogP contribution in [-0.4, -0.2) is 35.9 Å². The van der Waals surface area contributed by atoms with Crippen LogP contribution in [0.1, 0.15) is 50.5 Å². The van der Waals surface area contributed by atoms with Crippen molar-refractivity contribution in [3.05, 3.63) is 39.7 Å². The summed E-state index contributed by atoms with van der Waals surface area (Å²) < 4.78 is 11.2. The fourth-order valence-corrected chi connectivity index (χ4v) is 3.19. The average Bonchev–Trinajstić information content (AvgIpc) is 2.49. The predicted octanol–water partition coefficient (Wildman–Crippen LogP) is 4.22. The summed E-state index contributed by atoms with van der Waals surface area (Å²) in [5, 5.41) is 0.753. The van der Waals surface area contributed by atoms with E-state index in [0.29, 0.717) is 35.6 Å². The van der Waals surface area contributed by atoms with E-state index in [1.807, 2.05) is 13.0 Å². The monoisotopic (exact) mass is 381 g/mol. The van der Waals surface area contributed by atoms with Gasteiger partial charge in [-0.15, -0.1) is 12.4 Å². The molecular formula is C20H28ClNO4. The first kappa shape index (κ1) is 22.2. The van der Waals surface area contributed by atoms with Gasteiger partial charge in [0.05, 0.1) is 0 Å². The number of benzene rings is 1. The highest BCUT2D eigenvalue weighted by atomic mass is 35.5. The number of carbonyl (C=O) groups is 1. The van der Waals surface area contributed by atoms with Gasteiger partial charge in [0.25, 0.3) is 0 Å². The van der Waals surface area contributed by atoms with Crippen LogP contribution in [0.4, 0.5) is 0 Å². The molecule has 26 heavy (non-hydrogen) atoms. The minimum Gasteiger partial charge on any atom is -0.491 e. The van der Waals surface area contributed by atoms with Crippen LogP contribution >= 0.6 is 12.4 Å². The van der Waals surface area contributed by atoms with E-state index in [-0.39, 0.29) is 18.2 Å². The minimum absolute atomic E-state index is 0. The summed E-state index contributed by atoms with van der Waals surface area (Å²) >= 11 is 0. The van der Waals surface area contributed by atoms with E-state index in [9.17, 15) is 9.59 Å². The molecule has 0 unspecified atom stereocenters. The third-order valence-electron chi connectivity index (χ3n) is 4.37. The molecule has 6 heteroatoms. The molecule has 0 atom stereocenters. The van der Waals surface area contributed by atoms with Gasteiger partial charge in [-0.25, -0.2) is 4.79 Å². The van der Waals surface area contributed by atoms with Crippen molar-refractivity contribution >= 4 is 29.2 Å². The number of hydrogen-bond acceptors (Lipinski definition) is 5. The molecule has 0 N–H and O–H groups in total. The molecule has 0 aliphatic heterocycles. The van der Waals surface area contributed by atoms with Crippen LogP contribution in [0.15, 0.2) is 27.4 Å². The Labute approximate surface area is 160 Å². The van der Waals surface area contributed by atoms with Gasteiger partial charge in [-0.3, -0.25) is 9.69 Å². The summed E-state index contributed by atoms with van der Waals surface area (Å²) in [7, 11) is 0. The number of aryl methyl sites for hydroxylation is 1. The van der Waals surface area contributed by atoms with E-state index in [1.54, 1.807) is 6.07 Å². The van der Waals surface area contributed by atoms with Gasteiger partial charge < -0.3 is 9.15 Å². The highest BCUT2D eigenvalue weighted by Crippen LogP contribution is 2.29. The highest BCUT2D eigenvalue weighted by molar-refractivity contribution is 6.07. The topological polar surface area (TPSA) is 59.8 Å². The third kappa shape index (κ3) is 4.86. The fourth-order valence-electron chi connectivity index (χ4n) is 3.19. The Kier molecular flexibility index (Phi) is 7.85. The zero-order valence-corrected chi connectivity index (χ0v) is 17.1. The summed E-state index contributed by atoms with van der Waals surface area (Å²) in [6, 6.07) is 5.86. The molecule has 0 aliphatic carbocycles. The molecule has 144 valence electrons. The molecule has 0 amide bonds. The highest BCUT2D eigenvalue weighted by Gasteiger charge is 2.18. The quantitative estimate of drug-likeness (QED) is 0.530. The van der Waals surface area contributed by atoms with Crippen LogP contribution in [0, 0.1) is 6.92 Å². The number of carbonyl (C=O) groups excluding carboxylic acids is 1. The van der Waals surface area contributed by atoms with Crippen molar-refractivity contribution in [1.82, 2.24) is 4.90 Å². The molecule has 0 spiro atoms. The first-order valence-electron chi connectivity index (χ1n) is 8.69. The van der Waals surface area contributed by atoms with Crippen molar-refractivity contribution in [3.63, 3.8) is 0 Å². The normalized spacial score (nSPS) is 11.3. The van der Waals surface area contributed by atoms with Gasteiger partial charge in [-0.05, 0) is 59.2 Å².